The molecule has 0 aliphatic rings. The normalized spacial score (nSPS) is 11.6. The van der Waals surface area contributed by atoms with Crippen LogP contribution in [0.2, 0.25) is 0 Å². The first-order chi connectivity index (χ1) is 9.22. The lowest BCUT2D eigenvalue weighted by Gasteiger charge is -2.13. The predicted octanol–water partition coefficient (Wildman–Crippen LogP) is 1.86. The lowest BCUT2D eigenvalue weighted by Crippen LogP contribution is -2.17. The molecule has 0 amide bonds. The Morgan fingerprint density at radius 2 is 1.95 bits per heavy atom. The van der Waals surface area contributed by atoms with Gasteiger partial charge in [0.25, 0.3) is 10.0 Å². The van der Waals surface area contributed by atoms with Gasteiger partial charge >= 0.3 is 0 Å². The molecule has 1 heterocycles. The summed E-state index contributed by atoms with van der Waals surface area (Å²) in [5, 5.41) is 6.44. The summed E-state index contributed by atoms with van der Waals surface area (Å²) in [4.78, 5) is -0.0305. The minimum atomic E-state index is -3.88. The van der Waals surface area contributed by atoms with Crippen LogP contribution in [-0.2, 0) is 10.0 Å². The first kappa shape index (κ1) is 14.3. The van der Waals surface area contributed by atoms with Crippen LogP contribution in [0.5, 0.6) is 0 Å². The Morgan fingerprint density at radius 1 is 1.30 bits per heavy atom. The number of nitrogens with zero attached hydrogens (tertiary/aromatic N) is 1. The van der Waals surface area contributed by atoms with Crippen LogP contribution >= 0.6 is 0 Å². The Labute approximate surface area is 116 Å². The molecule has 0 aliphatic heterocycles. The second kappa shape index (κ2) is 4.78. The highest BCUT2D eigenvalue weighted by molar-refractivity contribution is 7.92. The fourth-order valence-electron chi connectivity index (χ4n) is 2.00. The van der Waals surface area contributed by atoms with Crippen LogP contribution < -0.4 is 10.5 Å². The first-order valence-electron chi connectivity index (χ1n) is 5.82. The van der Waals surface area contributed by atoms with E-state index in [2.05, 4.69) is 14.9 Å². The van der Waals surface area contributed by atoms with Gasteiger partial charge in [0, 0.05) is 11.8 Å². The number of hydrogen-bond donors (Lipinski definition) is 3. The zero-order chi connectivity index (χ0) is 15.1. The van der Waals surface area contributed by atoms with Crippen molar-refractivity contribution < 1.29 is 12.8 Å². The molecule has 6 nitrogen and oxygen atoms in total. The van der Waals surface area contributed by atoms with Gasteiger partial charge in [-0.3, -0.25) is 9.82 Å². The maximum atomic E-state index is 13.5. The van der Waals surface area contributed by atoms with E-state index < -0.39 is 15.8 Å². The van der Waals surface area contributed by atoms with Gasteiger partial charge in [-0.1, -0.05) is 0 Å². The van der Waals surface area contributed by atoms with E-state index in [-0.39, 0.29) is 27.5 Å². The quantitative estimate of drug-likeness (QED) is 0.753. The van der Waals surface area contributed by atoms with Crippen molar-refractivity contribution in [2.24, 2.45) is 0 Å². The number of nitrogen functional groups attached to an aromatic ring is 1. The number of aryl methyl sites for hydroxylation is 2. The van der Waals surface area contributed by atoms with Crippen molar-refractivity contribution in [3.63, 3.8) is 0 Å². The summed E-state index contributed by atoms with van der Waals surface area (Å²) >= 11 is 0. The number of aromatic amines is 1. The van der Waals surface area contributed by atoms with Gasteiger partial charge in [0.15, 0.2) is 5.82 Å². The van der Waals surface area contributed by atoms with Crippen molar-refractivity contribution in [2.75, 3.05) is 10.5 Å². The predicted molar refractivity (Wildman–Crippen MR) is 74.4 cm³/mol. The molecule has 0 fully saturated rings. The minimum Gasteiger partial charge on any atom is -0.396 e. The van der Waals surface area contributed by atoms with Crippen LogP contribution in [0.1, 0.15) is 16.8 Å². The summed E-state index contributed by atoms with van der Waals surface area (Å²) in [6, 6.07) is 2.65. The number of H-pyrrole nitrogens is 1. The Hall–Kier alpha value is -2.09. The van der Waals surface area contributed by atoms with Crippen LogP contribution in [0.15, 0.2) is 17.0 Å². The standard InChI is InChI=1S/C12H15FN4O2S/c1-6-4-9(13)11(14)8(3)12(6)20(18,19)17-10-5-7(2)15-16-10/h4-5H,14H2,1-3H3,(H2,15,16,17). The van der Waals surface area contributed by atoms with Crippen LogP contribution in [0.3, 0.4) is 0 Å². The Kier molecular flexibility index (Phi) is 3.43. The number of nitrogens with two attached hydrogens (primary N) is 1. The SMILES string of the molecule is Cc1cc(NS(=O)(=O)c2c(C)cc(F)c(N)c2C)n[nH]1. The summed E-state index contributed by atoms with van der Waals surface area (Å²) in [6.45, 7) is 4.73. The van der Waals surface area contributed by atoms with Crippen LogP contribution in [-0.4, -0.2) is 18.6 Å². The number of anilines is 2. The zero-order valence-corrected chi connectivity index (χ0v) is 12.1. The van der Waals surface area contributed by atoms with E-state index in [0.717, 1.165) is 11.8 Å². The number of rotatable bonds is 3. The lowest BCUT2D eigenvalue weighted by molar-refractivity contribution is 0.598. The molecule has 0 saturated heterocycles. The van der Waals surface area contributed by atoms with Crippen molar-refractivity contribution in [3.05, 3.63) is 34.8 Å². The fourth-order valence-corrected chi connectivity index (χ4v) is 3.48. The second-order valence-electron chi connectivity index (χ2n) is 4.58. The van der Waals surface area contributed by atoms with Gasteiger partial charge in [0.1, 0.15) is 5.82 Å². The van der Waals surface area contributed by atoms with Gasteiger partial charge in [0.2, 0.25) is 0 Å². The van der Waals surface area contributed by atoms with Crippen molar-refractivity contribution in [2.45, 2.75) is 25.7 Å². The molecule has 0 saturated carbocycles. The highest BCUT2D eigenvalue weighted by atomic mass is 32.2. The molecule has 0 spiro atoms. The zero-order valence-electron chi connectivity index (χ0n) is 11.3. The molecule has 108 valence electrons. The molecule has 1 aromatic carbocycles. The Morgan fingerprint density at radius 3 is 2.50 bits per heavy atom. The van der Waals surface area contributed by atoms with E-state index >= 15 is 0 Å². The van der Waals surface area contributed by atoms with E-state index in [1.54, 1.807) is 13.0 Å². The third-order valence-electron chi connectivity index (χ3n) is 2.92. The molecule has 2 rings (SSSR count). The van der Waals surface area contributed by atoms with Gasteiger partial charge in [-0.25, -0.2) is 12.8 Å². The van der Waals surface area contributed by atoms with Gasteiger partial charge < -0.3 is 5.73 Å². The molecule has 4 N–H and O–H groups in total. The highest BCUT2D eigenvalue weighted by Gasteiger charge is 2.23. The van der Waals surface area contributed by atoms with Crippen molar-refractivity contribution in [1.29, 1.82) is 0 Å². The molecule has 0 unspecified atom stereocenters. The summed E-state index contributed by atoms with van der Waals surface area (Å²) in [5.41, 5.74) is 6.57. The smallest absolute Gasteiger partial charge is 0.263 e. The molecule has 2 aromatic rings. The summed E-state index contributed by atoms with van der Waals surface area (Å²) < 4.78 is 40.6. The summed E-state index contributed by atoms with van der Waals surface area (Å²) in [5.74, 6) is -0.459. The van der Waals surface area contributed by atoms with E-state index in [1.807, 2.05) is 0 Å². The molecule has 0 bridgehead atoms. The largest absolute Gasteiger partial charge is 0.396 e. The second-order valence-corrected chi connectivity index (χ2v) is 6.20. The molecular weight excluding hydrogens is 283 g/mol. The summed E-state index contributed by atoms with van der Waals surface area (Å²) in [6.07, 6.45) is 0. The van der Waals surface area contributed by atoms with Crippen molar-refractivity contribution >= 4 is 21.5 Å². The van der Waals surface area contributed by atoms with E-state index in [4.69, 9.17) is 5.73 Å². The number of sulfonamides is 1. The number of nitrogens with one attached hydrogen (secondary N) is 2. The van der Waals surface area contributed by atoms with E-state index in [0.29, 0.717) is 0 Å². The number of hydrogen-bond acceptors (Lipinski definition) is 4. The molecule has 20 heavy (non-hydrogen) atoms. The van der Waals surface area contributed by atoms with Gasteiger partial charge in [-0.2, -0.15) is 5.10 Å². The average Bonchev–Trinajstić information content (AvgIpc) is 2.70. The maximum absolute atomic E-state index is 13.5. The summed E-state index contributed by atoms with van der Waals surface area (Å²) in [7, 11) is -3.88. The van der Waals surface area contributed by atoms with Crippen molar-refractivity contribution in [3.8, 4) is 0 Å². The fraction of sp³-hybridized carbons (Fsp3) is 0.250. The molecule has 1 aromatic heterocycles. The molecule has 0 atom stereocenters. The topological polar surface area (TPSA) is 101 Å². The third kappa shape index (κ3) is 2.46. The van der Waals surface area contributed by atoms with Gasteiger partial charge in [0.05, 0.1) is 10.6 Å². The van der Waals surface area contributed by atoms with Gasteiger partial charge in [-0.15, -0.1) is 0 Å². The molecule has 0 radical (unpaired) electrons. The van der Waals surface area contributed by atoms with Crippen LogP contribution in [0, 0.1) is 26.6 Å². The number of halogens is 1. The number of benzene rings is 1. The third-order valence-corrected chi connectivity index (χ3v) is 4.56. The maximum Gasteiger partial charge on any atom is 0.263 e. The van der Waals surface area contributed by atoms with E-state index in [1.165, 1.54) is 13.8 Å². The average molecular weight is 298 g/mol. The lowest BCUT2D eigenvalue weighted by atomic mass is 10.1. The Balaban J connectivity index is 2.52. The monoisotopic (exact) mass is 298 g/mol. The first-order valence-corrected chi connectivity index (χ1v) is 7.30. The van der Waals surface area contributed by atoms with E-state index in [9.17, 15) is 12.8 Å². The Bertz CT molecular complexity index is 768. The van der Waals surface area contributed by atoms with Crippen LogP contribution in [0.4, 0.5) is 15.9 Å². The van der Waals surface area contributed by atoms with Crippen molar-refractivity contribution in [1.82, 2.24) is 10.2 Å². The molecular formula is C12H15FN4O2S. The minimum absolute atomic E-state index is 0.0305. The highest BCUT2D eigenvalue weighted by Crippen LogP contribution is 2.28. The number of aromatic nitrogens is 2. The van der Waals surface area contributed by atoms with Crippen LogP contribution in [0.25, 0.3) is 0 Å². The van der Waals surface area contributed by atoms with Gasteiger partial charge in [-0.05, 0) is 38.0 Å². The molecule has 0 aliphatic carbocycles. The molecule has 8 heteroatoms.